The highest BCUT2D eigenvalue weighted by atomic mass is 35.5. The number of rotatable bonds is 6. The Hall–Kier alpha value is -2.86. The van der Waals surface area contributed by atoms with E-state index in [9.17, 15) is 4.79 Å². The monoisotopic (exact) mass is 413 g/mol. The standard InChI is InChI=1S/C22H24ClN3O3/c1-22(2,3)16-10-6-8-12-18(16)28-14-20(27)26(4)13-19-24-21(25-29-19)15-9-5-7-11-17(15)23/h5-12H,13-14H2,1-4H3. The van der Waals surface area contributed by atoms with Gasteiger partial charge in [0.2, 0.25) is 11.7 Å². The summed E-state index contributed by atoms with van der Waals surface area (Å²) in [7, 11) is 1.67. The van der Waals surface area contributed by atoms with Gasteiger partial charge in [-0.2, -0.15) is 4.98 Å². The van der Waals surface area contributed by atoms with Gasteiger partial charge >= 0.3 is 0 Å². The second-order valence-corrected chi connectivity index (χ2v) is 8.18. The van der Waals surface area contributed by atoms with E-state index in [2.05, 4.69) is 30.9 Å². The maximum absolute atomic E-state index is 12.5. The predicted molar refractivity (Wildman–Crippen MR) is 112 cm³/mol. The number of aromatic nitrogens is 2. The number of amides is 1. The fourth-order valence-corrected chi connectivity index (χ4v) is 3.04. The third-order valence-electron chi connectivity index (χ3n) is 4.43. The molecule has 7 heteroatoms. The minimum atomic E-state index is -0.189. The molecule has 0 saturated heterocycles. The van der Waals surface area contributed by atoms with Gasteiger partial charge in [0.25, 0.3) is 5.91 Å². The van der Waals surface area contributed by atoms with Crippen molar-refractivity contribution in [2.24, 2.45) is 0 Å². The Bertz CT molecular complexity index is 995. The van der Waals surface area contributed by atoms with Crippen molar-refractivity contribution in [2.75, 3.05) is 13.7 Å². The molecule has 6 nitrogen and oxygen atoms in total. The molecule has 152 valence electrons. The summed E-state index contributed by atoms with van der Waals surface area (Å²) in [6, 6.07) is 15.0. The van der Waals surface area contributed by atoms with Crippen molar-refractivity contribution in [3.8, 4) is 17.1 Å². The summed E-state index contributed by atoms with van der Waals surface area (Å²) in [5, 5.41) is 4.49. The quantitative estimate of drug-likeness (QED) is 0.584. The van der Waals surface area contributed by atoms with Crippen LogP contribution in [0.5, 0.6) is 5.75 Å². The number of halogens is 1. The molecule has 3 aromatic rings. The first-order chi connectivity index (χ1) is 13.8. The first-order valence-corrected chi connectivity index (χ1v) is 9.67. The van der Waals surface area contributed by atoms with Crippen LogP contribution in [-0.4, -0.2) is 34.6 Å². The van der Waals surface area contributed by atoms with Crippen LogP contribution < -0.4 is 4.74 Å². The van der Waals surface area contributed by atoms with Gasteiger partial charge in [-0.15, -0.1) is 0 Å². The van der Waals surface area contributed by atoms with E-state index in [1.165, 1.54) is 4.90 Å². The maximum Gasteiger partial charge on any atom is 0.260 e. The summed E-state index contributed by atoms with van der Waals surface area (Å²) in [4.78, 5) is 18.3. The lowest BCUT2D eigenvalue weighted by molar-refractivity contribution is -0.132. The minimum Gasteiger partial charge on any atom is -0.483 e. The summed E-state index contributed by atoms with van der Waals surface area (Å²) in [5.41, 5.74) is 1.65. The third kappa shape index (κ3) is 5.15. The predicted octanol–water partition coefficient (Wildman–Crippen LogP) is 4.72. The van der Waals surface area contributed by atoms with Crippen molar-refractivity contribution in [3.05, 3.63) is 65.0 Å². The van der Waals surface area contributed by atoms with Crippen LogP contribution in [0.25, 0.3) is 11.4 Å². The number of nitrogens with zero attached hydrogens (tertiary/aromatic N) is 3. The molecule has 0 aliphatic carbocycles. The molecule has 29 heavy (non-hydrogen) atoms. The van der Waals surface area contributed by atoms with E-state index < -0.39 is 0 Å². The second kappa shape index (κ2) is 8.66. The zero-order chi connectivity index (χ0) is 21.0. The Balaban J connectivity index is 1.62. The molecule has 0 atom stereocenters. The number of hydrogen-bond acceptors (Lipinski definition) is 5. The molecule has 0 radical (unpaired) electrons. The van der Waals surface area contributed by atoms with Gasteiger partial charge in [0.05, 0.1) is 11.6 Å². The average molecular weight is 414 g/mol. The highest BCUT2D eigenvalue weighted by Crippen LogP contribution is 2.31. The molecule has 0 saturated carbocycles. The smallest absolute Gasteiger partial charge is 0.260 e. The van der Waals surface area contributed by atoms with Gasteiger partial charge in [-0.25, -0.2) is 0 Å². The van der Waals surface area contributed by atoms with Crippen LogP contribution in [0.2, 0.25) is 5.02 Å². The molecule has 0 N–H and O–H groups in total. The molecular formula is C22H24ClN3O3. The van der Waals surface area contributed by atoms with Crippen molar-refractivity contribution in [1.29, 1.82) is 0 Å². The Labute approximate surface area is 175 Å². The molecule has 1 amide bonds. The molecular weight excluding hydrogens is 390 g/mol. The number of benzene rings is 2. The lowest BCUT2D eigenvalue weighted by atomic mass is 9.86. The van der Waals surface area contributed by atoms with E-state index in [0.29, 0.717) is 28.1 Å². The molecule has 1 heterocycles. The van der Waals surface area contributed by atoms with Crippen LogP contribution in [0.15, 0.2) is 53.1 Å². The summed E-state index contributed by atoms with van der Waals surface area (Å²) in [5.74, 6) is 1.24. The summed E-state index contributed by atoms with van der Waals surface area (Å²) < 4.78 is 11.1. The van der Waals surface area contributed by atoms with Crippen molar-refractivity contribution in [3.63, 3.8) is 0 Å². The molecule has 1 aromatic heterocycles. The SMILES string of the molecule is CN(Cc1nc(-c2ccccc2Cl)no1)C(=O)COc1ccccc1C(C)(C)C. The minimum absolute atomic E-state index is 0.0743. The highest BCUT2D eigenvalue weighted by molar-refractivity contribution is 6.33. The first-order valence-electron chi connectivity index (χ1n) is 9.29. The summed E-state index contributed by atoms with van der Waals surface area (Å²) >= 11 is 6.17. The number of hydrogen-bond donors (Lipinski definition) is 0. The average Bonchev–Trinajstić information content (AvgIpc) is 3.14. The molecule has 2 aromatic carbocycles. The van der Waals surface area contributed by atoms with Crippen LogP contribution in [-0.2, 0) is 16.8 Å². The van der Waals surface area contributed by atoms with Gasteiger partial charge in [0.15, 0.2) is 6.61 Å². The summed E-state index contributed by atoms with van der Waals surface area (Å²) in [6.45, 7) is 6.43. The molecule has 0 unspecified atom stereocenters. The highest BCUT2D eigenvalue weighted by Gasteiger charge is 2.20. The molecule has 0 spiro atoms. The lowest BCUT2D eigenvalue weighted by Crippen LogP contribution is -2.31. The number of carbonyl (C=O) groups excluding carboxylic acids is 1. The van der Waals surface area contributed by atoms with E-state index in [4.69, 9.17) is 20.9 Å². The van der Waals surface area contributed by atoms with Crippen LogP contribution >= 0.6 is 11.6 Å². The molecule has 0 bridgehead atoms. The second-order valence-electron chi connectivity index (χ2n) is 7.78. The zero-order valence-corrected chi connectivity index (χ0v) is 17.7. The fourth-order valence-electron chi connectivity index (χ4n) is 2.82. The molecule has 0 aliphatic heterocycles. The maximum atomic E-state index is 12.5. The molecule has 0 aliphatic rings. The Kier molecular flexibility index (Phi) is 6.23. The third-order valence-corrected chi connectivity index (χ3v) is 4.76. The Morgan fingerprint density at radius 2 is 1.83 bits per heavy atom. The Morgan fingerprint density at radius 1 is 1.14 bits per heavy atom. The molecule has 3 rings (SSSR count). The molecule has 0 fully saturated rings. The van der Waals surface area contributed by atoms with E-state index in [0.717, 1.165) is 5.56 Å². The van der Waals surface area contributed by atoms with Crippen molar-refractivity contribution < 1.29 is 14.1 Å². The topological polar surface area (TPSA) is 68.5 Å². The van der Waals surface area contributed by atoms with E-state index in [1.807, 2.05) is 42.5 Å². The number of para-hydroxylation sites is 1. The first kappa shape index (κ1) is 20.9. The van der Waals surface area contributed by atoms with Gasteiger partial charge in [0.1, 0.15) is 5.75 Å². The van der Waals surface area contributed by atoms with Crippen molar-refractivity contribution in [2.45, 2.75) is 32.7 Å². The summed E-state index contributed by atoms with van der Waals surface area (Å²) in [6.07, 6.45) is 0. The van der Waals surface area contributed by atoms with Crippen molar-refractivity contribution >= 4 is 17.5 Å². The van der Waals surface area contributed by atoms with Crippen LogP contribution in [0.4, 0.5) is 0 Å². The Morgan fingerprint density at radius 3 is 2.55 bits per heavy atom. The normalized spacial score (nSPS) is 11.3. The van der Waals surface area contributed by atoms with Gasteiger partial charge < -0.3 is 14.2 Å². The van der Waals surface area contributed by atoms with E-state index in [1.54, 1.807) is 13.1 Å². The van der Waals surface area contributed by atoms with Crippen molar-refractivity contribution in [1.82, 2.24) is 15.0 Å². The van der Waals surface area contributed by atoms with Crippen LogP contribution in [0.1, 0.15) is 32.2 Å². The van der Waals surface area contributed by atoms with E-state index in [-0.39, 0.29) is 24.5 Å². The number of ether oxygens (including phenoxy) is 1. The van der Waals surface area contributed by atoms with Crippen LogP contribution in [0.3, 0.4) is 0 Å². The van der Waals surface area contributed by atoms with Gasteiger partial charge in [-0.3, -0.25) is 4.79 Å². The largest absolute Gasteiger partial charge is 0.483 e. The lowest BCUT2D eigenvalue weighted by Gasteiger charge is -2.23. The number of carbonyl (C=O) groups is 1. The van der Waals surface area contributed by atoms with Gasteiger partial charge in [0, 0.05) is 12.6 Å². The van der Waals surface area contributed by atoms with Crippen LogP contribution in [0, 0.1) is 0 Å². The van der Waals surface area contributed by atoms with Gasteiger partial charge in [-0.1, -0.05) is 67.9 Å². The number of likely N-dealkylation sites (N-methyl/N-ethyl adjacent to an activating group) is 1. The fraction of sp³-hybridized carbons (Fsp3) is 0.318. The van der Waals surface area contributed by atoms with E-state index >= 15 is 0 Å². The zero-order valence-electron chi connectivity index (χ0n) is 17.0. The van der Waals surface area contributed by atoms with Gasteiger partial charge in [-0.05, 0) is 29.2 Å².